The molecule has 35 heavy (non-hydrogen) atoms. The van der Waals surface area contributed by atoms with E-state index in [1.807, 2.05) is 68.4 Å². The van der Waals surface area contributed by atoms with Gasteiger partial charge in [0.05, 0.1) is 10.6 Å². The SMILES string of the molecule is CC(C)N(C(=O)c1cccc(CS(=O)(=O)c2ccccc2)c1)c1ccc(Nc2ccccc2)cc1. The average molecular weight is 485 g/mol. The van der Waals surface area contributed by atoms with Crippen LogP contribution in [0.2, 0.25) is 0 Å². The molecule has 0 aliphatic rings. The molecule has 0 radical (unpaired) electrons. The summed E-state index contributed by atoms with van der Waals surface area (Å²) in [6.07, 6.45) is 0. The third-order valence-electron chi connectivity index (χ3n) is 5.58. The molecule has 0 heterocycles. The van der Waals surface area contributed by atoms with E-state index in [1.165, 1.54) is 0 Å². The van der Waals surface area contributed by atoms with Crippen molar-refractivity contribution in [1.82, 2.24) is 0 Å². The highest BCUT2D eigenvalue weighted by Crippen LogP contribution is 2.25. The molecule has 0 saturated carbocycles. The minimum Gasteiger partial charge on any atom is -0.356 e. The second kappa shape index (κ2) is 10.6. The molecule has 178 valence electrons. The number of nitrogens with one attached hydrogen (secondary N) is 1. The number of amides is 1. The number of benzene rings is 4. The molecule has 0 bridgehead atoms. The highest BCUT2D eigenvalue weighted by molar-refractivity contribution is 7.90. The van der Waals surface area contributed by atoms with Gasteiger partial charge in [0.1, 0.15) is 0 Å². The number of hydrogen-bond donors (Lipinski definition) is 1. The van der Waals surface area contributed by atoms with Crippen molar-refractivity contribution in [3.8, 4) is 0 Å². The van der Waals surface area contributed by atoms with E-state index in [1.54, 1.807) is 59.5 Å². The highest BCUT2D eigenvalue weighted by Gasteiger charge is 2.22. The third-order valence-corrected chi connectivity index (χ3v) is 7.28. The molecule has 0 aliphatic heterocycles. The zero-order valence-corrected chi connectivity index (χ0v) is 20.6. The summed E-state index contributed by atoms with van der Waals surface area (Å²) < 4.78 is 25.6. The summed E-state index contributed by atoms with van der Waals surface area (Å²) in [4.78, 5) is 15.5. The zero-order chi connectivity index (χ0) is 24.8. The van der Waals surface area contributed by atoms with Gasteiger partial charge in [0.2, 0.25) is 0 Å². The predicted molar refractivity (Wildman–Crippen MR) is 142 cm³/mol. The van der Waals surface area contributed by atoms with E-state index in [4.69, 9.17) is 0 Å². The van der Waals surface area contributed by atoms with Crippen molar-refractivity contribution >= 4 is 32.8 Å². The number of rotatable bonds is 8. The van der Waals surface area contributed by atoms with Crippen LogP contribution in [-0.4, -0.2) is 20.4 Å². The van der Waals surface area contributed by atoms with E-state index < -0.39 is 9.84 Å². The van der Waals surface area contributed by atoms with Gasteiger partial charge in [-0.05, 0) is 80.1 Å². The van der Waals surface area contributed by atoms with Crippen molar-refractivity contribution < 1.29 is 13.2 Å². The summed E-state index contributed by atoms with van der Waals surface area (Å²) in [6, 6.07) is 32.7. The number of anilines is 3. The molecule has 0 atom stereocenters. The Morgan fingerprint density at radius 2 is 1.37 bits per heavy atom. The average Bonchev–Trinajstić information content (AvgIpc) is 2.86. The van der Waals surface area contributed by atoms with Gasteiger partial charge in [-0.2, -0.15) is 0 Å². The van der Waals surface area contributed by atoms with Gasteiger partial charge >= 0.3 is 0 Å². The largest absolute Gasteiger partial charge is 0.356 e. The molecule has 0 aromatic heterocycles. The van der Waals surface area contributed by atoms with Gasteiger partial charge < -0.3 is 10.2 Å². The summed E-state index contributed by atoms with van der Waals surface area (Å²) in [5.41, 5.74) is 3.70. The first kappa shape index (κ1) is 24.2. The van der Waals surface area contributed by atoms with Crippen molar-refractivity contribution in [2.24, 2.45) is 0 Å². The Kier molecular flexibility index (Phi) is 7.32. The van der Waals surface area contributed by atoms with Crippen LogP contribution in [0.1, 0.15) is 29.8 Å². The van der Waals surface area contributed by atoms with Crippen molar-refractivity contribution in [2.45, 2.75) is 30.5 Å². The maximum atomic E-state index is 13.5. The van der Waals surface area contributed by atoms with Crippen molar-refractivity contribution in [1.29, 1.82) is 0 Å². The standard InChI is InChI=1S/C29H28N2O3S/c1-22(2)31(27-18-16-26(17-19-27)30-25-12-5-3-6-13-25)29(32)24-11-9-10-23(20-24)21-35(33,34)28-14-7-4-8-15-28/h3-20,22,30H,21H2,1-2H3. The lowest BCUT2D eigenvalue weighted by Gasteiger charge is -2.27. The molecule has 4 aromatic carbocycles. The first-order chi connectivity index (χ1) is 16.8. The monoisotopic (exact) mass is 484 g/mol. The summed E-state index contributed by atoms with van der Waals surface area (Å²) in [7, 11) is -3.51. The van der Waals surface area contributed by atoms with E-state index in [0.717, 1.165) is 17.1 Å². The van der Waals surface area contributed by atoms with Crippen molar-refractivity contribution in [3.63, 3.8) is 0 Å². The fourth-order valence-corrected chi connectivity index (χ4v) is 5.26. The number of nitrogens with zero attached hydrogens (tertiary/aromatic N) is 1. The molecular formula is C29H28N2O3S. The van der Waals surface area contributed by atoms with E-state index in [2.05, 4.69) is 5.32 Å². The first-order valence-corrected chi connectivity index (χ1v) is 13.1. The van der Waals surface area contributed by atoms with Gasteiger partial charge in [-0.1, -0.05) is 48.5 Å². The van der Waals surface area contributed by atoms with Gasteiger partial charge in [0, 0.05) is 28.7 Å². The quantitative estimate of drug-likeness (QED) is 0.312. The zero-order valence-electron chi connectivity index (χ0n) is 19.8. The molecule has 0 spiro atoms. The molecule has 4 aromatic rings. The van der Waals surface area contributed by atoms with Gasteiger partial charge in [-0.15, -0.1) is 0 Å². The normalized spacial score (nSPS) is 11.3. The minimum atomic E-state index is -3.51. The van der Waals surface area contributed by atoms with Crippen LogP contribution < -0.4 is 10.2 Å². The summed E-state index contributed by atoms with van der Waals surface area (Å²) >= 11 is 0. The van der Waals surface area contributed by atoms with E-state index >= 15 is 0 Å². The number of carbonyl (C=O) groups is 1. The Hall–Kier alpha value is -3.90. The molecule has 0 unspecified atom stereocenters. The Labute approximate surface area is 207 Å². The second-order valence-electron chi connectivity index (χ2n) is 8.58. The first-order valence-electron chi connectivity index (χ1n) is 11.5. The lowest BCUT2D eigenvalue weighted by Crippen LogP contribution is -2.37. The fourth-order valence-electron chi connectivity index (χ4n) is 3.91. The Bertz CT molecular complexity index is 1390. The second-order valence-corrected chi connectivity index (χ2v) is 10.6. The topological polar surface area (TPSA) is 66.5 Å². The molecular weight excluding hydrogens is 456 g/mol. The maximum Gasteiger partial charge on any atom is 0.258 e. The minimum absolute atomic E-state index is 0.0906. The number of hydrogen-bond acceptors (Lipinski definition) is 4. The van der Waals surface area contributed by atoms with Crippen LogP contribution >= 0.6 is 0 Å². The Morgan fingerprint density at radius 3 is 2.00 bits per heavy atom. The molecule has 6 heteroatoms. The number of carbonyl (C=O) groups excluding carboxylic acids is 1. The lowest BCUT2D eigenvalue weighted by atomic mass is 10.1. The molecule has 4 rings (SSSR count). The Balaban J connectivity index is 1.55. The summed E-state index contributed by atoms with van der Waals surface area (Å²) in [5.74, 6) is -0.345. The summed E-state index contributed by atoms with van der Waals surface area (Å²) in [6.45, 7) is 3.91. The van der Waals surface area contributed by atoms with E-state index in [-0.39, 0.29) is 22.6 Å². The smallest absolute Gasteiger partial charge is 0.258 e. The highest BCUT2D eigenvalue weighted by atomic mass is 32.2. The molecule has 1 amide bonds. The van der Waals surface area contributed by atoms with Gasteiger partial charge in [-0.25, -0.2) is 8.42 Å². The van der Waals surface area contributed by atoms with Crippen LogP contribution in [-0.2, 0) is 15.6 Å². The van der Waals surface area contributed by atoms with Crippen LogP contribution in [0.5, 0.6) is 0 Å². The van der Waals surface area contributed by atoms with Crippen LogP contribution in [0.4, 0.5) is 17.1 Å². The van der Waals surface area contributed by atoms with Crippen LogP contribution in [0.3, 0.4) is 0 Å². The van der Waals surface area contributed by atoms with E-state index in [0.29, 0.717) is 11.1 Å². The fraction of sp³-hybridized carbons (Fsp3) is 0.138. The molecule has 0 saturated heterocycles. The maximum absolute atomic E-state index is 13.5. The van der Waals surface area contributed by atoms with Crippen molar-refractivity contribution in [3.05, 3.63) is 120 Å². The molecule has 1 N–H and O–H groups in total. The number of sulfone groups is 1. The van der Waals surface area contributed by atoms with Crippen molar-refractivity contribution in [2.75, 3.05) is 10.2 Å². The van der Waals surface area contributed by atoms with Crippen LogP contribution in [0.15, 0.2) is 114 Å². The predicted octanol–water partition coefficient (Wildman–Crippen LogP) is 6.46. The number of para-hydroxylation sites is 1. The third kappa shape index (κ3) is 5.97. The van der Waals surface area contributed by atoms with Crippen LogP contribution in [0.25, 0.3) is 0 Å². The summed E-state index contributed by atoms with van der Waals surface area (Å²) in [5, 5.41) is 3.34. The van der Waals surface area contributed by atoms with Gasteiger partial charge in [0.15, 0.2) is 9.84 Å². The lowest BCUT2D eigenvalue weighted by molar-refractivity contribution is 0.0980. The van der Waals surface area contributed by atoms with Crippen LogP contribution in [0, 0.1) is 0 Å². The molecule has 0 aliphatic carbocycles. The van der Waals surface area contributed by atoms with Gasteiger partial charge in [0.25, 0.3) is 5.91 Å². The van der Waals surface area contributed by atoms with Gasteiger partial charge in [-0.3, -0.25) is 4.79 Å². The Morgan fingerprint density at radius 1 is 0.771 bits per heavy atom. The molecule has 0 fully saturated rings. The molecule has 5 nitrogen and oxygen atoms in total. The van der Waals surface area contributed by atoms with E-state index in [9.17, 15) is 13.2 Å².